The molecule has 1 aliphatic heterocycles. The van der Waals surface area contributed by atoms with Crippen LogP contribution in [0.25, 0.3) is 11.4 Å². The Morgan fingerprint density at radius 2 is 2.26 bits per heavy atom. The number of thioether (sulfide) groups is 1. The first-order chi connectivity index (χ1) is 9.19. The van der Waals surface area contributed by atoms with Gasteiger partial charge in [0.05, 0.1) is 18.4 Å². The first kappa shape index (κ1) is 12.7. The zero-order valence-corrected chi connectivity index (χ0v) is 12.6. The number of ether oxygens (including phenoxy) is 1. The zero-order chi connectivity index (χ0) is 13.4. The van der Waals surface area contributed by atoms with Gasteiger partial charge in [0.15, 0.2) is 0 Å². The third-order valence-electron chi connectivity index (χ3n) is 3.00. The summed E-state index contributed by atoms with van der Waals surface area (Å²) in [6, 6.07) is 5.64. The number of aromatic nitrogens is 2. The van der Waals surface area contributed by atoms with Crippen LogP contribution in [0.5, 0.6) is 5.75 Å². The molecule has 0 unspecified atom stereocenters. The van der Waals surface area contributed by atoms with Gasteiger partial charge < -0.3 is 9.72 Å². The van der Waals surface area contributed by atoms with Gasteiger partial charge >= 0.3 is 0 Å². The smallest absolute Gasteiger partial charge is 0.255 e. The Balaban J connectivity index is 2.20. The van der Waals surface area contributed by atoms with Crippen molar-refractivity contribution in [3.63, 3.8) is 0 Å². The van der Waals surface area contributed by atoms with E-state index in [0.717, 1.165) is 32.8 Å². The van der Waals surface area contributed by atoms with Crippen LogP contribution in [0, 0.1) is 0 Å². The number of nitrogens with one attached hydrogen (secondary N) is 1. The number of hydrogen-bond acceptors (Lipinski definition) is 4. The monoisotopic (exact) mass is 338 g/mol. The van der Waals surface area contributed by atoms with E-state index in [1.165, 1.54) is 0 Å². The fourth-order valence-electron chi connectivity index (χ4n) is 2.06. The normalized spacial score (nSPS) is 13.4. The van der Waals surface area contributed by atoms with E-state index in [1.807, 2.05) is 18.2 Å². The first-order valence-corrected chi connectivity index (χ1v) is 7.67. The summed E-state index contributed by atoms with van der Waals surface area (Å²) in [5, 5.41) is 0. The number of benzene rings is 1. The van der Waals surface area contributed by atoms with Crippen molar-refractivity contribution >= 4 is 27.7 Å². The third kappa shape index (κ3) is 2.30. The molecule has 0 atom stereocenters. The van der Waals surface area contributed by atoms with Crippen molar-refractivity contribution in [3.8, 4) is 17.1 Å². The fourth-order valence-corrected chi connectivity index (χ4v) is 3.45. The largest absolute Gasteiger partial charge is 0.496 e. The number of H-pyrrole nitrogens is 1. The molecule has 19 heavy (non-hydrogen) atoms. The highest BCUT2D eigenvalue weighted by Crippen LogP contribution is 2.32. The van der Waals surface area contributed by atoms with E-state index in [2.05, 4.69) is 25.9 Å². The van der Waals surface area contributed by atoms with Crippen molar-refractivity contribution in [3.05, 3.63) is 44.3 Å². The number of rotatable bonds is 2. The molecule has 0 radical (unpaired) electrons. The van der Waals surface area contributed by atoms with Crippen molar-refractivity contribution in [2.45, 2.75) is 11.5 Å². The van der Waals surface area contributed by atoms with Crippen molar-refractivity contribution in [1.29, 1.82) is 0 Å². The number of aromatic amines is 1. The highest BCUT2D eigenvalue weighted by atomic mass is 79.9. The van der Waals surface area contributed by atoms with E-state index >= 15 is 0 Å². The molecule has 2 aromatic rings. The summed E-state index contributed by atoms with van der Waals surface area (Å²) in [7, 11) is 1.61. The van der Waals surface area contributed by atoms with Gasteiger partial charge in [-0.1, -0.05) is 15.9 Å². The molecule has 6 heteroatoms. The molecule has 0 aliphatic carbocycles. The highest BCUT2D eigenvalue weighted by molar-refractivity contribution is 9.10. The molecule has 1 aromatic heterocycles. The minimum absolute atomic E-state index is 0.0490. The summed E-state index contributed by atoms with van der Waals surface area (Å²) >= 11 is 5.14. The molecule has 4 nitrogen and oxygen atoms in total. The van der Waals surface area contributed by atoms with Gasteiger partial charge in [-0.15, -0.1) is 0 Å². The van der Waals surface area contributed by atoms with Gasteiger partial charge in [0.1, 0.15) is 11.6 Å². The molecular weight excluding hydrogens is 328 g/mol. The Hall–Kier alpha value is -1.27. The third-order valence-corrected chi connectivity index (χ3v) is 4.47. The average Bonchev–Trinajstić information content (AvgIpc) is 2.87. The number of hydrogen-bond donors (Lipinski definition) is 1. The van der Waals surface area contributed by atoms with Gasteiger partial charge in [0.2, 0.25) is 0 Å². The highest BCUT2D eigenvalue weighted by Gasteiger charge is 2.19. The molecule has 0 spiro atoms. The van der Waals surface area contributed by atoms with Gasteiger partial charge in [-0.25, -0.2) is 4.98 Å². The minimum atomic E-state index is -0.0490. The summed E-state index contributed by atoms with van der Waals surface area (Å²) in [6.07, 6.45) is 0. The summed E-state index contributed by atoms with van der Waals surface area (Å²) in [5.74, 6) is 2.79. The molecule has 1 aromatic carbocycles. The average molecular weight is 339 g/mol. The molecule has 3 rings (SSSR count). The lowest BCUT2D eigenvalue weighted by Crippen LogP contribution is -2.15. The number of nitrogens with zero attached hydrogens (tertiary/aromatic N) is 1. The molecule has 0 bridgehead atoms. The predicted molar refractivity (Wildman–Crippen MR) is 79.5 cm³/mol. The molecular formula is C13H11BrN2O2S. The van der Waals surface area contributed by atoms with Crippen molar-refractivity contribution in [2.75, 3.05) is 7.11 Å². The number of halogens is 1. The number of methoxy groups -OCH3 is 1. The Morgan fingerprint density at radius 1 is 1.42 bits per heavy atom. The van der Waals surface area contributed by atoms with Crippen molar-refractivity contribution in [2.24, 2.45) is 0 Å². The van der Waals surface area contributed by atoms with Crippen molar-refractivity contribution < 1.29 is 4.74 Å². The van der Waals surface area contributed by atoms with Crippen LogP contribution >= 0.6 is 27.7 Å². The lowest BCUT2D eigenvalue weighted by Gasteiger charge is -2.09. The van der Waals surface area contributed by atoms with Gasteiger partial charge in [0.25, 0.3) is 5.56 Å². The zero-order valence-electron chi connectivity index (χ0n) is 10.2. The second-order valence-corrected chi connectivity index (χ2v) is 6.08. The van der Waals surface area contributed by atoms with E-state index in [-0.39, 0.29) is 5.56 Å². The lowest BCUT2D eigenvalue weighted by molar-refractivity contribution is 0.416. The maximum Gasteiger partial charge on any atom is 0.255 e. The van der Waals surface area contributed by atoms with Crippen LogP contribution in [-0.2, 0) is 11.5 Å². The molecule has 1 aliphatic rings. The Morgan fingerprint density at radius 3 is 3.05 bits per heavy atom. The lowest BCUT2D eigenvalue weighted by atomic mass is 10.1. The van der Waals surface area contributed by atoms with Crippen LogP contribution in [0.1, 0.15) is 11.3 Å². The second kappa shape index (κ2) is 5.02. The van der Waals surface area contributed by atoms with Crippen LogP contribution in [0.15, 0.2) is 27.5 Å². The molecule has 0 amide bonds. The number of fused-ring (bicyclic) bond motifs is 1. The Bertz CT molecular complexity index is 700. The van der Waals surface area contributed by atoms with Crippen LogP contribution < -0.4 is 10.3 Å². The maximum absolute atomic E-state index is 12.0. The van der Waals surface area contributed by atoms with E-state index in [4.69, 9.17) is 4.74 Å². The predicted octanol–water partition coefficient (Wildman–Crippen LogP) is 2.95. The van der Waals surface area contributed by atoms with Crippen LogP contribution in [0.2, 0.25) is 0 Å². The Labute approximate surface area is 122 Å². The van der Waals surface area contributed by atoms with Gasteiger partial charge in [-0.05, 0) is 18.2 Å². The maximum atomic E-state index is 12.0. The molecule has 0 saturated carbocycles. The first-order valence-electron chi connectivity index (χ1n) is 5.73. The van der Waals surface area contributed by atoms with E-state index in [1.54, 1.807) is 18.9 Å². The molecule has 2 heterocycles. The van der Waals surface area contributed by atoms with Gasteiger partial charge in [-0.2, -0.15) is 11.8 Å². The van der Waals surface area contributed by atoms with Crippen molar-refractivity contribution in [1.82, 2.24) is 9.97 Å². The molecule has 0 fully saturated rings. The molecule has 1 N–H and O–H groups in total. The second-order valence-electron chi connectivity index (χ2n) is 4.18. The van der Waals surface area contributed by atoms with E-state index < -0.39 is 0 Å². The van der Waals surface area contributed by atoms with Crippen LogP contribution in [-0.4, -0.2) is 17.1 Å². The molecule has 98 valence electrons. The van der Waals surface area contributed by atoms with E-state index in [0.29, 0.717) is 11.6 Å². The fraction of sp³-hybridized carbons (Fsp3) is 0.231. The quantitative estimate of drug-likeness (QED) is 0.914. The van der Waals surface area contributed by atoms with Crippen LogP contribution in [0.4, 0.5) is 0 Å². The Kier molecular flexibility index (Phi) is 3.36. The topological polar surface area (TPSA) is 55.0 Å². The van der Waals surface area contributed by atoms with Gasteiger partial charge in [0, 0.05) is 21.5 Å². The van der Waals surface area contributed by atoms with Gasteiger partial charge in [-0.3, -0.25) is 4.79 Å². The summed E-state index contributed by atoms with van der Waals surface area (Å²) in [4.78, 5) is 19.4. The SMILES string of the molecule is COc1ccc(Br)cc1-c1nc2c(c(=O)[nH]1)CSC2. The summed E-state index contributed by atoms with van der Waals surface area (Å²) in [6.45, 7) is 0. The minimum Gasteiger partial charge on any atom is -0.496 e. The van der Waals surface area contributed by atoms with Crippen LogP contribution in [0.3, 0.4) is 0 Å². The summed E-state index contributed by atoms with van der Waals surface area (Å²) in [5.41, 5.74) is 2.41. The van der Waals surface area contributed by atoms with E-state index in [9.17, 15) is 4.79 Å². The molecule has 0 saturated heterocycles. The standard InChI is InChI=1S/C13H11BrN2O2S/c1-18-11-3-2-7(14)4-8(11)12-15-10-6-19-5-9(10)13(17)16-12/h2-4H,5-6H2,1H3,(H,15,16,17). The summed E-state index contributed by atoms with van der Waals surface area (Å²) < 4.78 is 6.24.